The van der Waals surface area contributed by atoms with Crippen molar-refractivity contribution in [2.45, 2.75) is 38.1 Å². The largest absolute Gasteiger partial charge is 0.504 e. The molecule has 3 saturated heterocycles. The number of rotatable bonds is 10. The van der Waals surface area contributed by atoms with E-state index in [9.17, 15) is 15.0 Å². The Morgan fingerprint density at radius 1 is 0.796 bits per heavy atom. The maximum Gasteiger partial charge on any atom is 0.254 e. The van der Waals surface area contributed by atoms with Crippen molar-refractivity contribution in [1.82, 2.24) is 24.6 Å². The Morgan fingerprint density at radius 3 is 2.27 bits per heavy atom. The van der Waals surface area contributed by atoms with Gasteiger partial charge >= 0.3 is 0 Å². The second-order valence-corrected chi connectivity index (χ2v) is 14.4. The van der Waals surface area contributed by atoms with E-state index in [-0.39, 0.29) is 23.4 Å². The van der Waals surface area contributed by atoms with Crippen LogP contribution in [0.4, 0.5) is 5.69 Å². The van der Waals surface area contributed by atoms with E-state index in [1.54, 1.807) is 12.1 Å². The summed E-state index contributed by atoms with van der Waals surface area (Å²) in [5.41, 5.74) is 6.39. The van der Waals surface area contributed by atoms with Crippen molar-refractivity contribution in [2.24, 2.45) is 0 Å². The molecule has 0 spiro atoms. The fourth-order valence-electron chi connectivity index (χ4n) is 7.75. The first-order valence-electron chi connectivity index (χ1n) is 18.0. The smallest absolute Gasteiger partial charge is 0.254 e. The number of likely N-dealkylation sites (N-methyl/N-ethyl adjacent to an activating group) is 1. The molecule has 3 aliphatic heterocycles. The number of phenolic OH excluding ortho intramolecular Hbond substituents is 2. The Kier molecular flexibility index (Phi) is 10.0. The number of aromatic nitrogens is 1. The van der Waals surface area contributed by atoms with Gasteiger partial charge in [0.15, 0.2) is 11.5 Å². The molecule has 7 rings (SSSR count). The molecule has 0 bridgehead atoms. The number of anilines is 1. The minimum atomic E-state index is -0.169. The molecule has 2 N–H and O–H groups in total. The van der Waals surface area contributed by atoms with Gasteiger partial charge in [-0.15, -0.1) is 0 Å². The van der Waals surface area contributed by atoms with Crippen LogP contribution in [-0.2, 0) is 6.42 Å². The summed E-state index contributed by atoms with van der Waals surface area (Å²) in [7, 11) is 4.26. The van der Waals surface area contributed by atoms with E-state index in [0.717, 1.165) is 106 Å². The summed E-state index contributed by atoms with van der Waals surface area (Å²) in [5, 5.41) is 20.9. The Morgan fingerprint density at radius 2 is 1.53 bits per heavy atom. The second kappa shape index (κ2) is 14.7. The van der Waals surface area contributed by atoms with E-state index in [0.29, 0.717) is 12.0 Å². The zero-order valence-corrected chi connectivity index (χ0v) is 29.0. The molecule has 4 aromatic rings. The maximum absolute atomic E-state index is 14.5. The molecule has 9 heteroatoms. The van der Waals surface area contributed by atoms with Gasteiger partial charge in [0, 0.05) is 81.6 Å². The van der Waals surface area contributed by atoms with E-state index in [4.69, 9.17) is 4.98 Å². The Bertz CT molecular complexity index is 1760. The summed E-state index contributed by atoms with van der Waals surface area (Å²) < 4.78 is 0. The number of nitrogens with zero attached hydrogens (tertiary/aromatic N) is 6. The molecular weight excluding hydrogens is 612 g/mol. The Hall–Kier alpha value is -4.18. The van der Waals surface area contributed by atoms with Crippen LogP contribution in [0.1, 0.15) is 47.3 Å². The molecular formula is C40H50N6O3. The summed E-state index contributed by atoms with van der Waals surface area (Å²) in [4.78, 5) is 31.5. The van der Waals surface area contributed by atoms with Gasteiger partial charge in [0.05, 0.1) is 11.1 Å². The third kappa shape index (κ3) is 7.69. The number of carbonyl (C=O) groups excluding carboxylic acids is 1. The highest BCUT2D eigenvalue weighted by molar-refractivity contribution is 6.07. The van der Waals surface area contributed by atoms with Crippen molar-refractivity contribution in [3.05, 3.63) is 83.6 Å². The lowest BCUT2D eigenvalue weighted by atomic mass is 9.98. The lowest BCUT2D eigenvalue weighted by molar-refractivity contribution is 0.0710. The Labute approximate surface area is 290 Å². The molecule has 1 atom stereocenters. The molecule has 0 saturated carbocycles. The average Bonchev–Trinajstić information content (AvgIpc) is 3.81. The van der Waals surface area contributed by atoms with Gasteiger partial charge in [0.1, 0.15) is 0 Å². The molecule has 258 valence electrons. The van der Waals surface area contributed by atoms with E-state index >= 15 is 0 Å². The molecule has 3 aliphatic rings. The normalized spacial score (nSPS) is 19.0. The van der Waals surface area contributed by atoms with Crippen molar-refractivity contribution in [2.75, 3.05) is 84.4 Å². The van der Waals surface area contributed by atoms with Gasteiger partial charge in [0.2, 0.25) is 0 Å². The monoisotopic (exact) mass is 662 g/mol. The molecule has 4 heterocycles. The number of pyridine rings is 1. The topological polar surface area (TPSA) is 86.6 Å². The van der Waals surface area contributed by atoms with Gasteiger partial charge in [-0.05, 0) is 112 Å². The molecule has 1 aromatic heterocycles. The van der Waals surface area contributed by atoms with Crippen LogP contribution in [0.25, 0.3) is 22.0 Å². The van der Waals surface area contributed by atoms with Crippen LogP contribution in [-0.4, -0.2) is 126 Å². The summed E-state index contributed by atoms with van der Waals surface area (Å²) >= 11 is 0. The third-order valence-corrected chi connectivity index (χ3v) is 10.6. The van der Waals surface area contributed by atoms with Gasteiger partial charge in [0.25, 0.3) is 5.91 Å². The molecule has 3 aromatic carbocycles. The van der Waals surface area contributed by atoms with E-state index in [1.807, 2.05) is 24.3 Å². The van der Waals surface area contributed by atoms with Crippen LogP contribution < -0.4 is 4.90 Å². The fraction of sp³-hybridized carbons (Fsp3) is 0.450. The highest BCUT2D eigenvalue weighted by atomic mass is 16.3. The lowest BCUT2D eigenvalue weighted by Crippen LogP contribution is -2.48. The number of piperazine rings is 1. The van der Waals surface area contributed by atoms with Gasteiger partial charge in [-0.25, -0.2) is 0 Å². The van der Waals surface area contributed by atoms with Gasteiger partial charge in [-0.1, -0.05) is 24.3 Å². The van der Waals surface area contributed by atoms with Crippen molar-refractivity contribution in [3.63, 3.8) is 0 Å². The van der Waals surface area contributed by atoms with Crippen LogP contribution in [0.5, 0.6) is 11.5 Å². The molecule has 3 fully saturated rings. The van der Waals surface area contributed by atoms with Crippen LogP contribution in [0.15, 0.2) is 66.7 Å². The molecule has 0 aliphatic carbocycles. The van der Waals surface area contributed by atoms with Crippen molar-refractivity contribution >= 4 is 22.5 Å². The van der Waals surface area contributed by atoms with Crippen molar-refractivity contribution in [1.29, 1.82) is 0 Å². The number of fused-ring (bicyclic) bond motifs is 1. The number of hydrogen-bond donors (Lipinski definition) is 2. The summed E-state index contributed by atoms with van der Waals surface area (Å²) in [5.74, 6) is -0.255. The second-order valence-electron chi connectivity index (χ2n) is 14.4. The van der Waals surface area contributed by atoms with E-state index < -0.39 is 0 Å². The predicted molar refractivity (Wildman–Crippen MR) is 197 cm³/mol. The summed E-state index contributed by atoms with van der Waals surface area (Å²) in [6.07, 6.45) is 5.18. The van der Waals surface area contributed by atoms with Crippen molar-refractivity contribution < 1.29 is 15.0 Å². The van der Waals surface area contributed by atoms with Gasteiger partial charge in [-0.3, -0.25) is 14.7 Å². The van der Waals surface area contributed by atoms with Crippen LogP contribution in [0.3, 0.4) is 0 Å². The number of likely N-dealkylation sites (tertiary alicyclic amines) is 2. The first-order valence-corrected chi connectivity index (χ1v) is 18.0. The number of aromatic hydroxyl groups is 2. The number of amides is 1. The number of hydrogen-bond acceptors (Lipinski definition) is 8. The molecule has 1 unspecified atom stereocenters. The van der Waals surface area contributed by atoms with Crippen molar-refractivity contribution in [3.8, 4) is 22.6 Å². The standard InChI is InChI=1S/C40H50N6O3/c1-42(2)18-19-43-20-22-45(23-21-43)33-11-7-29(8-12-33)24-32-27-36(40(49)46-17-5-6-34(46)28-44-15-3-4-16-44)35-25-30(9-13-37(35)41-32)31-10-14-38(47)39(48)26-31/h7-14,25-27,34,47-48H,3-6,15-24,28H2,1-2H3. The Balaban J connectivity index is 1.14. The van der Waals surface area contributed by atoms with E-state index in [1.165, 1.54) is 30.2 Å². The summed E-state index contributed by atoms with van der Waals surface area (Å²) in [6.45, 7) is 10.4. The molecule has 1 amide bonds. The molecule has 9 nitrogen and oxygen atoms in total. The predicted octanol–water partition coefficient (Wildman–Crippen LogP) is 5.29. The fourth-order valence-corrected chi connectivity index (χ4v) is 7.75. The minimum Gasteiger partial charge on any atom is -0.504 e. The van der Waals surface area contributed by atoms with Crippen LogP contribution in [0.2, 0.25) is 0 Å². The zero-order valence-electron chi connectivity index (χ0n) is 29.0. The van der Waals surface area contributed by atoms with Crippen LogP contribution in [0, 0.1) is 0 Å². The molecule has 49 heavy (non-hydrogen) atoms. The molecule has 0 radical (unpaired) electrons. The minimum absolute atomic E-state index is 0.0705. The van der Waals surface area contributed by atoms with E-state index in [2.05, 4.69) is 62.9 Å². The third-order valence-electron chi connectivity index (χ3n) is 10.6. The lowest BCUT2D eigenvalue weighted by Gasteiger charge is -2.36. The van der Waals surface area contributed by atoms with Gasteiger partial charge < -0.3 is 29.8 Å². The van der Waals surface area contributed by atoms with Gasteiger partial charge in [-0.2, -0.15) is 0 Å². The highest BCUT2D eigenvalue weighted by Gasteiger charge is 2.32. The first kappa shape index (κ1) is 33.3. The number of phenols is 2. The van der Waals surface area contributed by atoms with Crippen LogP contribution >= 0.6 is 0 Å². The summed E-state index contributed by atoms with van der Waals surface area (Å²) in [6, 6.07) is 21.9. The average molecular weight is 663 g/mol. The highest BCUT2D eigenvalue weighted by Crippen LogP contribution is 2.34. The first-order chi connectivity index (χ1) is 23.8. The zero-order chi connectivity index (χ0) is 33.9. The maximum atomic E-state index is 14.5. The number of carbonyl (C=O) groups is 1. The SMILES string of the molecule is CN(C)CCN1CCN(c2ccc(Cc3cc(C(=O)N4CCCC4CN4CCCC4)c4cc(-c5ccc(O)c(O)c5)ccc4n3)cc2)CC1. The number of benzene rings is 3. The quantitative estimate of drug-likeness (QED) is 0.222.